The summed E-state index contributed by atoms with van der Waals surface area (Å²) >= 11 is 6.58. The lowest BCUT2D eigenvalue weighted by Crippen LogP contribution is -1.96. The maximum absolute atomic E-state index is 7.84. The van der Waals surface area contributed by atoms with Crippen molar-refractivity contribution in [2.75, 3.05) is 5.75 Å². The van der Waals surface area contributed by atoms with Gasteiger partial charge in [0, 0.05) is 86.3 Å². The standard InChI is InChI=1S/C88H58N4OS2/c1-52-38-45-78(91-74-33-13-6-25-63(74)64-26-7-14-34-75(64)91)86-81(52)83-69(43-42-59(85(83)93-86)55-19-17-21-57(50-55)89-71-30-10-3-23-61(71)62-24-4-11-31-72(62)89)70-44-46-79(92-76-35-15-8-27-65(76)66-28-9-16-36-77(66)92)88-84(70)82-53(2)37-40-60(87(82)95-88)56-20-18-22-58(51-56)90-73-32-12-5-29-67(73)68-41-39-54(47-48-94)49-80(68)90/h3-46,49-51,94H,47-48H2,1-2H3. The van der Waals surface area contributed by atoms with Gasteiger partial charge in [-0.2, -0.15) is 12.6 Å². The van der Waals surface area contributed by atoms with Crippen molar-refractivity contribution < 1.29 is 4.42 Å². The van der Waals surface area contributed by atoms with Crippen LogP contribution in [0.3, 0.4) is 0 Å². The molecule has 448 valence electrons. The van der Waals surface area contributed by atoms with E-state index in [0.29, 0.717) is 0 Å². The van der Waals surface area contributed by atoms with Crippen LogP contribution in [0.2, 0.25) is 0 Å². The summed E-state index contributed by atoms with van der Waals surface area (Å²) in [7, 11) is 0. The second kappa shape index (κ2) is 20.8. The normalized spacial score (nSPS) is 12.2. The van der Waals surface area contributed by atoms with Gasteiger partial charge in [0.15, 0.2) is 5.58 Å². The largest absolute Gasteiger partial charge is 0.453 e. The topological polar surface area (TPSA) is 32.9 Å². The van der Waals surface area contributed by atoms with Crippen molar-refractivity contribution >= 4 is 153 Å². The van der Waals surface area contributed by atoms with Crippen LogP contribution in [0.4, 0.5) is 0 Å². The molecule has 5 nitrogen and oxygen atoms in total. The van der Waals surface area contributed by atoms with Crippen LogP contribution in [0.5, 0.6) is 0 Å². The zero-order valence-corrected chi connectivity index (χ0v) is 53.8. The average molecular weight is 1250 g/mol. The van der Waals surface area contributed by atoms with Crippen LogP contribution in [-0.2, 0) is 6.42 Å². The van der Waals surface area contributed by atoms with Crippen LogP contribution in [0.1, 0.15) is 16.7 Å². The summed E-state index contributed by atoms with van der Waals surface area (Å²) in [5.74, 6) is 0.790. The number of thiol groups is 1. The quantitative estimate of drug-likeness (QED) is 0.144. The molecule has 0 aliphatic heterocycles. The van der Waals surface area contributed by atoms with Crippen molar-refractivity contribution in [3.8, 4) is 56.1 Å². The molecule has 0 atom stereocenters. The Labute approximate surface area is 556 Å². The second-order valence-electron chi connectivity index (χ2n) is 25.5. The van der Waals surface area contributed by atoms with Crippen molar-refractivity contribution in [2.24, 2.45) is 0 Å². The summed E-state index contributed by atoms with van der Waals surface area (Å²) in [5, 5.41) is 14.5. The van der Waals surface area contributed by atoms with Crippen LogP contribution >= 0.6 is 24.0 Å². The van der Waals surface area contributed by atoms with Gasteiger partial charge in [0.2, 0.25) is 0 Å². The van der Waals surface area contributed by atoms with Crippen molar-refractivity contribution in [1.29, 1.82) is 0 Å². The molecule has 95 heavy (non-hydrogen) atoms. The predicted molar refractivity (Wildman–Crippen MR) is 407 cm³/mol. The Balaban J connectivity index is 0.885. The van der Waals surface area contributed by atoms with Crippen molar-refractivity contribution in [3.63, 3.8) is 0 Å². The lowest BCUT2D eigenvalue weighted by atomic mass is 9.90. The Hall–Kier alpha value is -11.4. The summed E-state index contributed by atoms with van der Waals surface area (Å²) in [6.07, 6.45) is 0.903. The molecule has 0 amide bonds. The smallest absolute Gasteiger partial charge is 0.159 e. The molecule has 0 N–H and O–H groups in total. The van der Waals surface area contributed by atoms with Crippen LogP contribution in [0, 0.1) is 13.8 Å². The fourth-order valence-electron chi connectivity index (χ4n) is 16.3. The lowest BCUT2D eigenvalue weighted by molar-refractivity contribution is 0.667. The number of nitrogens with zero attached hydrogens (tertiary/aromatic N) is 4. The zero-order valence-electron chi connectivity index (χ0n) is 52.1. The van der Waals surface area contributed by atoms with Gasteiger partial charge in [0.05, 0.1) is 60.2 Å². The third kappa shape index (κ3) is 7.85. The number of benzene rings is 14. The van der Waals surface area contributed by atoms with E-state index >= 15 is 0 Å². The van der Waals surface area contributed by atoms with Gasteiger partial charge in [0.1, 0.15) is 5.58 Å². The summed E-state index contributed by atoms with van der Waals surface area (Å²) in [4.78, 5) is 0. The van der Waals surface area contributed by atoms with Gasteiger partial charge in [-0.25, -0.2) is 0 Å². The molecule has 0 aliphatic rings. The minimum Gasteiger partial charge on any atom is -0.453 e. The number of hydrogen-bond donors (Lipinski definition) is 1. The molecule has 0 saturated carbocycles. The third-order valence-electron chi connectivity index (χ3n) is 20.4. The first-order valence-electron chi connectivity index (χ1n) is 32.7. The van der Waals surface area contributed by atoms with E-state index in [9.17, 15) is 0 Å². The fourth-order valence-corrected chi connectivity index (χ4v) is 18.0. The Morgan fingerprint density at radius 2 is 0.716 bits per heavy atom. The first-order valence-corrected chi connectivity index (χ1v) is 34.2. The maximum atomic E-state index is 7.84. The molecule has 6 heterocycles. The van der Waals surface area contributed by atoms with E-state index in [1.54, 1.807) is 0 Å². The Bertz CT molecular complexity index is 6500. The van der Waals surface area contributed by atoms with Crippen LogP contribution in [0.25, 0.3) is 185 Å². The summed E-state index contributed by atoms with van der Waals surface area (Å²) in [5.41, 5.74) is 25.9. The minimum atomic E-state index is 0.790. The molecular weight excluding hydrogens is 1190 g/mol. The van der Waals surface area contributed by atoms with Crippen LogP contribution in [0.15, 0.2) is 290 Å². The molecule has 6 aromatic heterocycles. The predicted octanol–water partition coefficient (Wildman–Crippen LogP) is 24.4. The first kappa shape index (κ1) is 54.2. The Kier molecular flexibility index (Phi) is 11.9. The van der Waals surface area contributed by atoms with Crippen molar-refractivity contribution in [2.45, 2.75) is 20.3 Å². The Morgan fingerprint density at radius 3 is 1.25 bits per heavy atom. The van der Waals surface area contributed by atoms with E-state index < -0.39 is 0 Å². The van der Waals surface area contributed by atoms with E-state index in [-0.39, 0.29) is 0 Å². The first-order chi connectivity index (χ1) is 47.0. The highest BCUT2D eigenvalue weighted by molar-refractivity contribution is 7.80. The molecular formula is C88H58N4OS2. The molecule has 0 unspecified atom stereocenters. The van der Waals surface area contributed by atoms with Crippen LogP contribution in [-0.4, -0.2) is 24.0 Å². The number of fused-ring (bicyclic) bond motifs is 18. The molecule has 0 aliphatic carbocycles. The molecule has 20 aromatic rings. The van der Waals surface area contributed by atoms with E-state index in [1.807, 2.05) is 11.3 Å². The minimum absolute atomic E-state index is 0.790. The van der Waals surface area contributed by atoms with E-state index in [4.69, 9.17) is 4.42 Å². The summed E-state index contributed by atoms with van der Waals surface area (Å²) < 4.78 is 20.1. The van der Waals surface area contributed by atoms with Crippen molar-refractivity contribution in [1.82, 2.24) is 18.3 Å². The Morgan fingerprint density at radius 1 is 0.305 bits per heavy atom. The number of rotatable bonds is 9. The van der Waals surface area contributed by atoms with E-state index in [0.717, 1.165) is 95.7 Å². The van der Waals surface area contributed by atoms with Crippen LogP contribution < -0.4 is 0 Å². The van der Waals surface area contributed by atoms with Gasteiger partial charge in [-0.1, -0.05) is 194 Å². The number of para-hydroxylation sites is 7. The average Bonchev–Trinajstić information content (AvgIpc) is 1.57. The fraction of sp³-hybridized carbons (Fsp3) is 0.0455. The highest BCUT2D eigenvalue weighted by Gasteiger charge is 2.28. The molecule has 0 fully saturated rings. The number of aryl methyl sites for hydroxylation is 3. The van der Waals surface area contributed by atoms with E-state index in [1.165, 1.54) is 119 Å². The second-order valence-corrected chi connectivity index (χ2v) is 27.0. The van der Waals surface area contributed by atoms with Gasteiger partial charge < -0.3 is 22.7 Å². The molecule has 0 bridgehead atoms. The van der Waals surface area contributed by atoms with Crippen molar-refractivity contribution in [3.05, 3.63) is 302 Å². The molecule has 14 aromatic carbocycles. The zero-order chi connectivity index (χ0) is 62.7. The van der Waals surface area contributed by atoms with E-state index in [2.05, 4.69) is 330 Å². The summed E-state index contributed by atoms with van der Waals surface area (Å²) in [6.45, 7) is 4.57. The monoisotopic (exact) mass is 1250 g/mol. The van der Waals surface area contributed by atoms with Gasteiger partial charge in [-0.05, 0) is 162 Å². The molecule has 0 saturated heterocycles. The highest BCUT2D eigenvalue weighted by atomic mass is 32.1. The lowest BCUT2D eigenvalue weighted by Gasteiger charge is -2.15. The molecule has 20 rings (SSSR count). The number of furan rings is 1. The SMILES string of the molecule is Cc1ccc(-n2c3ccccc3c3ccccc32)c2oc3c(-c4cccc(-n5c6ccccc6c6ccccc65)c4)ccc(-c4ccc(-n5c6ccccc6c6ccccc65)c5sc6c(-c7cccc(-n8c9ccccc9c9ccc(CCS)cc98)c7)ccc(C)c6c45)c3c12. The van der Waals surface area contributed by atoms with Gasteiger partial charge in [0.25, 0.3) is 0 Å². The number of aromatic nitrogens is 4. The number of hydrogen-bond acceptors (Lipinski definition) is 3. The van der Waals surface area contributed by atoms with Gasteiger partial charge >= 0.3 is 0 Å². The molecule has 7 heteroatoms. The summed E-state index contributed by atoms with van der Waals surface area (Å²) in [6, 6.07) is 106. The molecule has 0 spiro atoms. The third-order valence-corrected chi connectivity index (χ3v) is 21.9. The highest BCUT2D eigenvalue weighted by Crippen LogP contribution is 2.53. The number of thiophene rings is 1. The van der Waals surface area contributed by atoms with Gasteiger partial charge in [-0.15, -0.1) is 11.3 Å². The molecule has 0 radical (unpaired) electrons. The van der Waals surface area contributed by atoms with Gasteiger partial charge in [-0.3, -0.25) is 0 Å². The maximum Gasteiger partial charge on any atom is 0.159 e.